The Morgan fingerprint density at radius 1 is 1.64 bits per heavy atom. The number of carbonyl (C=O) groups is 1. The molecule has 0 saturated heterocycles. The number of rotatable bonds is 3. The molecule has 0 aliphatic carbocycles. The predicted octanol–water partition coefficient (Wildman–Crippen LogP) is 2.88. The van der Waals surface area contributed by atoms with E-state index in [4.69, 9.17) is 11.6 Å². The van der Waals surface area contributed by atoms with Crippen LogP contribution in [0.4, 0.5) is 0 Å². The maximum Gasteiger partial charge on any atom is 0.261 e. The van der Waals surface area contributed by atoms with Crippen molar-refractivity contribution < 1.29 is 4.79 Å². The van der Waals surface area contributed by atoms with Crippen molar-refractivity contribution in [1.29, 1.82) is 0 Å². The topological polar surface area (TPSA) is 29.1 Å². The van der Waals surface area contributed by atoms with Gasteiger partial charge in [-0.3, -0.25) is 4.79 Å². The molecule has 78 valence electrons. The molecule has 1 N–H and O–H groups in total. The Labute approximate surface area is 93.3 Å². The van der Waals surface area contributed by atoms with Crippen LogP contribution >= 0.6 is 22.9 Å². The average Bonchev–Trinajstić information content (AvgIpc) is 2.54. The predicted molar refractivity (Wildman–Crippen MR) is 61.2 cm³/mol. The zero-order valence-electron chi connectivity index (χ0n) is 8.50. The molecule has 14 heavy (non-hydrogen) atoms. The molecule has 0 fully saturated rings. The summed E-state index contributed by atoms with van der Waals surface area (Å²) in [6.45, 7) is 5.70. The minimum atomic E-state index is -0.386. The largest absolute Gasteiger partial charge is 0.345 e. The minimum Gasteiger partial charge on any atom is -0.345 e. The number of halogens is 1. The van der Waals surface area contributed by atoms with Gasteiger partial charge in [-0.05, 0) is 32.2 Å². The highest BCUT2D eigenvalue weighted by Gasteiger charge is 2.26. The summed E-state index contributed by atoms with van der Waals surface area (Å²) in [6, 6.07) is 3.66. The number of thiophene rings is 1. The first-order chi connectivity index (χ1) is 6.43. The fourth-order valence-electron chi connectivity index (χ4n) is 0.861. The molecular weight excluding hydrogens is 218 g/mol. The van der Waals surface area contributed by atoms with E-state index in [0.29, 0.717) is 0 Å². The Bertz CT molecular complexity index is 306. The third-order valence-electron chi connectivity index (χ3n) is 2.18. The smallest absolute Gasteiger partial charge is 0.261 e. The Balaban J connectivity index is 2.66. The molecule has 0 aromatic carbocycles. The fourth-order valence-corrected chi connectivity index (χ4v) is 1.53. The van der Waals surface area contributed by atoms with Crippen LogP contribution in [-0.2, 0) is 0 Å². The van der Waals surface area contributed by atoms with Crippen LogP contribution < -0.4 is 5.32 Å². The summed E-state index contributed by atoms with van der Waals surface area (Å²) in [5.41, 5.74) is -0.386. The summed E-state index contributed by atoms with van der Waals surface area (Å²) in [6.07, 6.45) is 0. The van der Waals surface area contributed by atoms with E-state index in [-0.39, 0.29) is 16.8 Å². The van der Waals surface area contributed by atoms with Crippen molar-refractivity contribution >= 4 is 28.8 Å². The second-order valence-corrected chi connectivity index (χ2v) is 5.37. The molecule has 0 spiro atoms. The maximum absolute atomic E-state index is 11.7. The molecule has 0 saturated carbocycles. The van der Waals surface area contributed by atoms with Gasteiger partial charge in [0.15, 0.2) is 0 Å². The lowest BCUT2D eigenvalue weighted by molar-refractivity contribution is 0.0916. The molecule has 0 bridgehead atoms. The zero-order chi connectivity index (χ0) is 10.8. The van der Waals surface area contributed by atoms with Gasteiger partial charge in [0.1, 0.15) is 0 Å². The van der Waals surface area contributed by atoms with Gasteiger partial charge in [0.25, 0.3) is 5.91 Å². The van der Waals surface area contributed by atoms with Crippen molar-refractivity contribution in [2.75, 3.05) is 0 Å². The number of carbonyl (C=O) groups excluding carboxylic acids is 1. The fraction of sp³-hybridized carbons (Fsp3) is 0.500. The first kappa shape index (κ1) is 11.5. The van der Waals surface area contributed by atoms with Crippen LogP contribution in [0.3, 0.4) is 0 Å². The lowest BCUT2D eigenvalue weighted by Crippen LogP contribution is -2.48. The van der Waals surface area contributed by atoms with Crippen molar-refractivity contribution in [3.05, 3.63) is 22.4 Å². The SMILES string of the molecule is CC(Cl)C(C)(C)NC(=O)c1cccs1. The van der Waals surface area contributed by atoms with Crippen LogP contribution in [0.15, 0.2) is 17.5 Å². The number of nitrogens with one attached hydrogen (secondary N) is 1. The molecular formula is C10H14ClNOS. The summed E-state index contributed by atoms with van der Waals surface area (Å²) in [5, 5.41) is 4.67. The van der Waals surface area contributed by atoms with Crippen molar-refractivity contribution in [2.24, 2.45) is 0 Å². The molecule has 0 aliphatic heterocycles. The van der Waals surface area contributed by atoms with E-state index in [9.17, 15) is 4.79 Å². The number of hydrogen-bond donors (Lipinski definition) is 1. The normalized spacial score (nSPS) is 13.7. The monoisotopic (exact) mass is 231 g/mol. The first-order valence-electron chi connectivity index (χ1n) is 4.43. The molecule has 1 unspecified atom stereocenters. The Hall–Kier alpha value is -0.540. The summed E-state index contributed by atoms with van der Waals surface area (Å²) in [5.74, 6) is -0.0579. The highest BCUT2D eigenvalue weighted by molar-refractivity contribution is 7.12. The van der Waals surface area contributed by atoms with Gasteiger partial charge in [0.05, 0.1) is 15.8 Å². The van der Waals surface area contributed by atoms with E-state index in [1.54, 1.807) is 6.07 Å². The Morgan fingerprint density at radius 2 is 2.29 bits per heavy atom. The standard InChI is InChI=1S/C10H14ClNOS/c1-7(11)10(2,3)12-9(13)8-5-4-6-14-8/h4-7H,1-3H3,(H,12,13). The molecule has 0 radical (unpaired) electrons. The average molecular weight is 232 g/mol. The van der Waals surface area contributed by atoms with Gasteiger partial charge >= 0.3 is 0 Å². The summed E-state index contributed by atoms with van der Waals surface area (Å²) in [7, 11) is 0. The van der Waals surface area contributed by atoms with Gasteiger partial charge in [0.2, 0.25) is 0 Å². The summed E-state index contributed by atoms with van der Waals surface area (Å²) < 4.78 is 0. The third-order valence-corrected chi connectivity index (χ3v) is 3.59. The van der Waals surface area contributed by atoms with E-state index in [0.717, 1.165) is 4.88 Å². The maximum atomic E-state index is 11.7. The Morgan fingerprint density at radius 3 is 2.71 bits per heavy atom. The molecule has 1 amide bonds. The summed E-state index contributed by atoms with van der Waals surface area (Å²) in [4.78, 5) is 12.4. The summed E-state index contributed by atoms with van der Waals surface area (Å²) >= 11 is 7.39. The van der Waals surface area contributed by atoms with Crippen LogP contribution in [0.1, 0.15) is 30.4 Å². The van der Waals surface area contributed by atoms with E-state index in [1.165, 1.54) is 11.3 Å². The molecule has 0 aliphatic rings. The van der Waals surface area contributed by atoms with Gasteiger partial charge in [-0.25, -0.2) is 0 Å². The second-order valence-electron chi connectivity index (χ2n) is 3.77. The number of amides is 1. The van der Waals surface area contributed by atoms with Gasteiger partial charge in [-0.2, -0.15) is 0 Å². The second kappa shape index (κ2) is 4.32. The van der Waals surface area contributed by atoms with E-state index < -0.39 is 0 Å². The lowest BCUT2D eigenvalue weighted by Gasteiger charge is -2.28. The zero-order valence-corrected chi connectivity index (χ0v) is 10.1. The van der Waals surface area contributed by atoms with Crippen LogP contribution in [0.2, 0.25) is 0 Å². The molecule has 2 nitrogen and oxygen atoms in total. The van der Waals surface area contributed by atoms with Crippen LogP contribution in [0, 0.1) is 0 Å². The third kappa shape index (κ3) is 2.72. The van der Waals surface area contributed by atoms with Gasteiger partial charge < -0.3 is 5.32 Å². The highest BCUT2D eigenvalue weighted by Crippen LogP contribution is 2.17. The molecule has 1 heterocycles. The quantitative estimate of drug-likeness (QED) is 0.797. The molecule has 4 heteroatoms. The van der Waals surface area contributed by atoms with Gasteiger partial charge in [-0.1, -0.05) is 6.07 Å². The molecule has 1 rings (SSSR count). The van der Waals surface area contributed by atoms with Gasteiger partial charge in [0, 0.05) is 0 Å². The van der Waals surface area contributed by atoms with E-state index in [1.807, 2.05) is 32.2 Å². The van der Waals surface area contributed by atoms with Crippen molar-refractivity contribution in [3.8, 4) is 0 Å². The lowest BCUT2D eigenvalue weighted by atomic mass is 10.0. The van der Waals surface area contributed by atoms with E-state index in [2.05, 4.69) is 5.32 Å². The Kier molecular flexibility index (Phi) is 3.56. The van der Waals surface area contributed by atoms with Crippen LogP contribution in [0.5, 0.6) is 0 Å². The molecule has 1 atom stereocenters. The van der Waals surface area contributed by atoms with Crippen LogP contribution in [0.25, 0.3) is 0 Å². The highest BCUT2D eigenvalue weighted by atomic mass is 35.5. The van der Waals surface area contributed by atoms with Crippen molar-refractivity contribution in [2.45, 2.75) is 31.7 Å². The number of alkyl halides is 1. The molecule has 1 aromatic rings. The van der Waals surface area contributed by atoms with Crippen molar-refractivity contribution in [3.63, 3.8) is 0 Å². The van der Waals surface area contributed by atoms with Crippen molar-refractivity contribution in [1.82, 2.24) is 5.32 Å². The van der Waals surface area contributed by atoms with Crippen LogP contribution in [-0.4, -0.2) is 16.8 Å². The van der Waals surface area contributed by atoms with E-state index >= 15 is 0 Å². The number of hydrogen-bond acceptors (Lipinski definition) is 2. The van der Waals surface area contributed by atoms with Gasteiger partial charge in [-0.15, -0.1) is 22.9 Å². The minimum absolute atomic E-state index is 0.0579. The first-order valence-corrected chi connectivity index (χ1v) is 5.75. The molecule has 1 aromatic heterocycles.